The first kappa shape index (κ1) is 24.3. The minimum atomic E-state index is -0.886. The average molecular weight is 566 g/mol. The molecule has 0 bridgehead atoms. The third-order valence-electron chi connectivity index (χ3n) is 7.77. The van der Waals surface area contributed by atoms with E-state index in [0.717, 1.165) is 47.2 Å². The first-order valence-corrected chi connectivity index (χ1v) is 13.4. The Morgan fingerprint density at radius 3 is 2.58 bits per heavy atom. The van der Waals surface area contributed by atoms with Gasteiger partial charge in [0.2, 0.25) is 0 Å². The van der Waals surface area contributed by atoms with Gasteiger partial charge in [-0.05, 0) is 79.5 Å². The lowest BCUT2D eigenvalue weighted by atomic mass is 9.69. The molecule has 1 aromatic carbocycles. The second kappa shape index (κ2) is 10.2. The number of urea groups is 1. The molecule has 1 aromatic rings. The summed E-state index contributed by atoms with van der Waals surface area (Å²) >= 11 is 2.27. The smallest absolute Gasteiger partial charge is 0.407 e. The van der Waals surface area contributed by atoms with Crippen LogP contribution in [0.4, 0.5) is 15.3 Å². The number of anilines is 1. The number of hydrogen-bond acceptors (Lipinski definition) is 3. The SMILES string of the molecule is CCCCC1C(C)N(C(=O)O)CCC12C(NC1CCCCC1)=NC(=O)N2c1ccc(I)cc1. The molecule has 4 rings (SSSR count). The van der Waals surface area contributed by atoms with E-state index in [9.17, 15) is 14.7 Å². The molecule has 1 saturated heterocycles. The lowest BCUT2D eigenvalue weighted by Crippen LogP contribution is -2.69. The first-order chi connectivity index (χ1) is 15.9. The quantitative estimate of drug-likeness (QED) is 0.437. The fourth-order valence-electron chi connectivity index (χ4n) is 6.09. The van der Waals surface area contributed by atoms with Crippen LogP contribution in [-0.2, 0) is 0 Å². The maximum atomic E-state index is 13.5. The number of carbonyl (C=O) groups excluding carboxylic acids is 1. The number of aliphatic imine (C=N–C) groups is 1. The van der Waals surface area contributed by atoms with Gasteiger partial charge in [0.25, 0.3) is 0 Å². The van der Waals surface area contributed by atoms with E-state index >= 15 is 0 Å². The van der Waals surface area contributed by atoms with Gasteiger partial charge >= 0.3 is 12.1 Å². The molecule has 7 nitrogen and oxygen atoms in total. The summed E-state index contributed by atoms with van der Waals surface area (Å²) in [4.78, 5) is 33.6. The molecule has 1 spiro atoms. The fraction of sp³-hybridized carbons (Fsp3) is 0.640. The zero-order valence-electron chi connectivity index (χ0n) is 19.6. The number of hydrogen-bond donors (Lipinski definition) is 2. The Kier molecular flexibility index (Phi) is 7.50. The zero-order valence-corrected chi connectivity index (χ0v) is 21.8. The second-order valence-electron chi connectivity index (χ2n) is 9.67. The number of nitrogens with zero attached hydrogens (tertiary/aromatic N) is 3. The molecule has 3 unspecified atom stereocenters. The van der Waals surface area contributed by atoms with Gasteiger partial charge in [0.05, 0.1) is 0 Å². The van der Waals surface area contributed by atoms with E-state index in [0.29, 0.717) is 19.0 Å². The molecular weight excluding hydrogens is 531 g/mol. The second-order valence-corrected chi connectivity index (χ2v) is 10.9. The summed E-state index contributed by atoms with van der Waals surface area (Å²) in [6.07, 6.45) is 8.32. The summed E-state index contributed by atoms with van der Waals surface area (Å²) in [5.74, 6) is 0.721. The number of benzene rings is 1. The number of rotatable bonds is 5. The van der Waals surface area contributed by atoms with Crippen LogP contribution in [0.15, 0.2) is 29.3 Å². The number of carbonyl (C=O) groups is 2. The van der Waals surface area contributed by atoms with Crippen molar-refractivity contribution in [1.82, 2.24) is 10.2 Å². The number of amidine groups is 1. The third-order valence-corrected chi connectivity index (χ3v) is 8.49. The van der Waals surface area contributed by atoms with Crippen LogP contribution in [0.25, 0.3) is 0 Å². The summed E-state index contributed by atoms with van der Waals surface area (Å²) in [6.45, 7) is 4.54. The van der Waals surface area contributed by atoms with Crippen molar-refractivity contribution in [3.8, 4) is 0 Å². The van der Waals surface area contributed by atoms with E-state index in [1.54, 1.807) is 4.90 Å². The van der Waals surface area contributed by atoms with Crippen molar-refractivity contribution < 1.29 is 14.7 Å². The number of halogens is 1. The number of nitrogens with one attached hydrogen (secondary N) is 1. The molecule has 3 aliphatic rings. The number of carboxylic acid groups (broad SMARTS) is 1. The average Bonchev–Trinajstić information content (AvgIpc) is 3.06. The number of likely N-dealkylation sites (tertiary alicyclic amines) is 1. The molecule has 33 heavy (non-hydrogen) atoms. The molecule has 180 valence electrons. The van der Waals surface area contributed by atoms with Crippen molar-refractivity contribution in [2.75, 3.05) is 11.4 Å². The summed E-state index contributed by atoms with van der Waals surface area (Å²) in [5, 5.41) is 13.6. The van der Waals surface area contributed by atoms with E-state index in [1.165, 1.54) is 19.3 Å². The van der Waals surface area contributed by atoms with Gasteiger partial charge in [0, 0.05) is 33.8 Å². The van der Waals surface area contributed by atoms with E-state index in [4.69, 9.17) is 0 Å². The number of piperidine rings is 1. The Hall–Kier alpha value is -1.84. The highest BCUT2D eigenvalue weighted by molar-refractivity contribution is 14.1. The van der Waals surface area contributed by atoms with Crippen LogP contribution in [0.5, 0.6) is 0 Å². The molecule has 8 heteroatoms. The molecule has 1 saturated carbocycles. The van der Waals surface area contributed by atoms with Crippen LogP contribution in [-0.4, -0.2) is 52.1 Å². The highest BCUT2D eigenvalue weighted by Gasteiger charge is 2.59. The Morgan fingerprint density at radius 1 is 1.24 bits per heavy atom. The van der Waals surface area contributed by atoms with Crippen LogP contribution in [0.3, 0.4) is 0 Å². The fourth-order valence-corrected chi connectivity index (χ4v) is 6.45. The largest absolute Gasteiger partial charge is 0.465 e. The molecule has 2 N–H and O–H groups in total. The zero-order chi connectivity index (χ0) is 23.6. The number of amides is 3. The van der Waals surface area contributed by atoms with Crippen LogP contribution in [0.2, 0.25) is 0 Å². The lowest BCUT2D eigenvalue weighted by molar-refractivity contribution is 0.0580. The van der Waals surface area contributed by atoms with E-state index in [1.807, 2.05) is 36.1 Å². The Labute approximate surface area is 210 Å². The van der Waals surface area contributed by atoms with Crippen LogP contribution < -0.4 is 10.2 Å². The summed E-state index contributed by atoms with van der Waals surface area (Å²) < 4.78 is 1.11. The van der Waals surface area contributed by atoms with E-state index in [2.05, 4.69) is 39.8 Å². The highest BCUT2D eigenvalue weighted by Crippen LogP contribution is 2.46. The molecule has 3 amide bonds. The predicted molar refractivity (Wildman–Crippen MR) is 139 cm³/mol. The Morgan fingerprint density at radius 2 is 1.94 bits per heavy atom. The molecule has 2 heterocycles. The van der Waals surface area contributed by atoms with Crippen molar-refractivity contribution in [3.63, 3.8) is 0 Å². The van der Waals surface area contributed by atoms with E-state index in [-0.39, 0.29) is 18.0 Å². The van der Waals surface area contributed by atoms with Gasteiger partial charge in [-0.15, -0.1) is 0 Å². The van der Waals surface area contributed by atoms with Gasteiger partial charge in [-0.2, -0.15) is 4.99 Å². The molecule has 1 aliphatic carbocycles. The Bertz CT molecular complexity index is 899. The maximum Gasteiger partial charge on any atom is 0.407 e. The van der Waals surface area contributed by atoms with E-state index < -0.39 is 11.6 Å². The van der Waals surface area contributed by atoms with Crippen molar-refractivity contribution in [1.29, 1.82) is 0 Å². The molecule has 2 aliphatic heterocycles. The van der Waals surface area contributed by atoms with Crippen LogP contribution >= 0.6 is 22.6 Å². The van der Waals surface area contributed by atoms with Crippen molar-refractivity contribution in [2.24, 2.45) is 10.9 Å². The maximum absolute atomic E-state index is 13.5. The molecule has 2 fully saturated rings. The summed E-state index contributed by atoms with van der Waals surface area (Å²) in [6, 6.07) is 7.88. The molecule has 3 atom stereocenters. The molecule has 0 aromatic heterocycles. The van der Waals surface area contributed by atoms with Crippen molar-refractivity contribution in [3.05, 3.63) is 27.8 Å². The first-order valence-electron chi connectivity index (χ1n) is 12.3. The molecular formula is C25H35IN4O3. The topological polar surface area (TPSA) is 85.2 Å². The van der Waals surface area contributed by atoms with Crippen molar-refractivity contribution in [2.45, 2.75) is 89.3 Å². The van der Waals surface area contributed by atoms with Gasteiger partial charge in [-0.3, -0.25) is 4.90 Å². The van der Waals surface area contributed by atoms with Crippen LogP contribution in [0, 0.1) is 9.49 Å². The minimum absolute atomic E-state index is 0.0390. The lowest BCUT2D eigenvalue weighted by Gasteiger charge is -2.53. The van der Waals surface area contributed by atoms with Gasteiger partial charge in [0.1, 0.15) is 11.4 Å². The monoisotopic (exact) mass is 566 g/mol. The normalized spacial score (nSPS) is 28.3. The summed E-state index contributed by atoms with van der Waals surface area (Å²) in [7, 11) is 0. The van der Waals surface area contributed by atoms with Gasteiger partial charge in [-0.25, -0.2) is 9.59 Å². The van der Waals surface area contributed by atoms with Gasteiger partial charge in [0.15, 0.2) is 0 Å². The summed E-state index contributed by atoms with van der Waals surface area (Å²) in [5.41, 5.74) is 0.184. The molecule has 0 radical (unpaired) electrons. The van der Waals surface area contributed by atoms with Gasteiger partial charge < -0.3 is 15.3 Å². The highest BCUT2D eigenvalue weighted by atomic mass is 127. The predicted octanol–water partition coefficient (Wildman–Crippen LogP) is 5.87. The Balaban J connectivity index is 1.79. The van der Waals surface area contributed by atoms with Gasteiger partial charge in [-0.1, -0.05) is 39.0 Å². The minimum Gasteiger partial charge on any atom is -0.465 e. The number of unbranched alkanes of at least 4 members (excludes halogenated alkanes) is 1. The van der Waals surface area contributed by atoms with Crippen molar-refractivity contribution >= 4 is 46.2 Å². The van der Waals surface area contributed by atoms with Crippen LogP contribution in [0.1, 0.15) is 71.6 Å². The third kappa shape index (κ3) is 4.59. The standard InChI is InChI=1S/C25H35IN4O3/c1-3-4-10-21-17(2)29(24(32)33)16-15-25(21)22(27-19-8-6-5-7-9-19)28-23(31)30(25)20-13-11-18(26)12-14-20/h11-14,17,19,21H,3-10,15-16H2,1-2H3,(H,32,33)(H,27,28,31).